The van der Waals surface area contributed by atoms with Crippen molar-refractivity contribution in [2.75, 3.05) is 6.61 Å². The summed E-state index contributed by atoms with van der Waals surface area (Å²) in [4.78, 5) is 0.873. The Labute approximate surface area is 168 Å². The van der Waals surface area contributed by atoms with Crippen LogP contribution >= 0.6 is 11.3 Å². The van der Waals surface area contributed by atoms with Crippen LogP contribution in [0.25, 0.3) is 21.6 Å². The maximum atomic E-state index is 14.8. The number of hydrogen-bond donors (Lipinski definition) is 0. The van der Waals surface area contributed by atoms with E-state index in [1.807, 2.05) is 24.3 Å². The minimum absolute atomic E-state index is 0.165. The summed E-state index contributed by atoms with van der Waals surface area (Å²) in [6.45, 7) is 0.751. The van der Waals surface area contributed by atoms with Crippen LogP contribution in [0.15, 0.2) is 54.6 Å². The Bertz CT molecular complexity index is 953. The minimum Gasteiger partial charge on any atom is -0.455 e. The maximum absolute atomic E-state index is 14.8. The first-order chi connectivity index (χ1) is 13.8. The summed E-state index contributed by atoms with van der Waals surface area (Å²) >= 11 is 1.46. The van der Waals surface area contributed by atoms with Crippen LogP contribution in [0.1, 0.15) is 43.6 Å². The van der Waals surface area contributed by atoms with Gasteiger partial charge in [-0.1, -0.05) is 48.1 Å². The summed E-state index contributed by atoms with van der Waals surface area (Å²) in [5.74, 6) is 0.518. The van der Waals surface area contributed by atoms with Gasteiger partial charge in [-0.2, -0.15) is 0 Å². The van der Waals surface area contributed by atoms with Crippen molar-refractivity contribution in [2.24, 2.45) is 0 Å². The van der Waals surface area contributed by atoms with Crippen LogP contribution in [0.4, 0.5) is 4.39 Å². The van der Waals surface area contributed by atoms with Gasteiger partial charge in [-0.3, -0.25) is 0 Å². The number of benzene rings is 2. The van der Waals surface area contributed by atoms with Crippen molar-refractivity contribution in [3.05, 3.63) is 66.0 Å². The van der Waals surface area contributed by atoms with Gasteiger partial charge in [0.25, 0.3) is 0 Å². The fourth-order valence-electron chi connectivity index (χ4n) is 3.88. The fourth-order valence-corrected chi connectivity index (χ4v) is 4.80. The highest BCUT2D eigenvalue weighted by Crippen LogP contribution is 2.38. The summed E-state index contributed by atoms with van der Waals surface area (Å²) < 4.78 is 26.2. The van der Waals surface area contributed by atoms with Gasteiger partial charge in [0.15, 0.2) is 5.06 Å². The molecule has 1 saturated heterocycles. The Morgan fingerprint density at radius 3 is 2.39 bits per heavy atom. The van der Waals surface area contributed by atoms with Crippen LogP contribution < -0.4 is 4.74 Å². The summed E-state index contributed by atoms with van der Waals surface area (Å²) in [5.41, 5.74) is 3.99. The summed E-state index contributed by atoms with van der Waals surface area (Å²) in [7, 11) is 0. The van der Waals surface area contributed by atoms with E-state index in [0.29, 0.717) is 5.56 Å². The van der Waals surface area contributed by atoms with Gasteiger partial charge in [0.2, 0.25) is 6.29 Å². The summed E-state index contributed by atoms with van der Waals surface area (Å²) in [6.07, 6.45) is 5.70. The van der Waals surface area contributed by atoms with E-state index in [-0.39, 0.29) is 12.1 Å². The molecule has 5 rings (SSSR count). The van der Waals surface area contributed by atoms with E-state index in [1.165, 1.54) is 36.2 Å². The lowest BCUT2D eigenvalue weighted by molar-refractivity contribution is -0.0367. The van der Waals surface area contributed by atoms with Crippen LogP contribution in [-0.4, -0.2) is 12.9 Å². The molecule has 28 heavy (non-hydrogen) atoms. The van der Waals surface area contributed by atoms with Gasteiger partial charge in [-0.25, -0.2) is 4.39 Å². The van der Waals surface area contributed by atoms with Gasteiger partial charge >= 0.3 is 0 Å². The van der Waals surface area contributed by atoms with Crippen molar-refractivity contribution in [1.29, 1.82) is 0 Å². The zero-order valence-corrected chi connectivity index (χ0v) is 16.5. The lowest BCUT2D eigenvalue weighted by Gasteiger charge is -2.25. The highest BCUT2D eigenvalue weighted by atomic mass is 32.1. The van der Waals surface area contributed by atoms with Crippen LogP contribution in [0.5, 0.6) is 5.06 Å². The van der Waals surface area contributed by atoms with E-state index in [2.05, 4.69) is 24.3 Å². The third-order valence-corrected chi connectivity index (χ3v) is 6.78. The molecule has 1 aromatic heterocycles. The molecule has 1 unspecified atom stereocenters. The second kappa shape index (κ2) is 7.69. The molecular formula is C24H23FO2S. The van der Waals surface area contributed by atoms with Crippen molar-refractivity contribution in [3.8, 4) is 26.6 Å². The zero-order valence-electron chi connectivity index (χ0n) is 15.7. The Morgan fingerprint density at radius 1 is 0.893 bits per heavy atom. The minimum atomic E-state index is -0.203. The van der Waals surface area contributed by atoms with E-state index in [1.54, 1.807) is 6.07 Å². The van der Waals surface area contributed by atoms with E-state index in [0.717, 1.165) is 46.4 Å². The van der Waals surface area contributed by atoms with Crippen LogP contribution in [0.2, 0.25) is 0 Å². The molecule has 2 heterocycles. The summed E-state index contributed by atoms with van der Waals surface area (Å²) in [5, 5.41) is 0.775. The average molecular weight is 395 g/mol. The number of rotatable bonds is 5. The zero-order chi connectivity index (χ0) is 18.9. The van der Waals surface area contributed by atoms with Crippen LogP contribution in [0, 0.1) is 5.82 Å². The smallest absolute Gasteiger partial charge is 0.200 e. The van der Waals surface area contributed by atoms with E-state index in [4.69, 9.17) is 9.47 Å². The topological polar surface area (TPSA) is 18.5 Å². The monoisotopic (exact) mass is 394 g/mol. The SMILES string of the molecule is Fc1cc(-c2ccc(C3CCC3)cc2)ccc1-c1ccc(OC2CCCO2)s1. The molecule has 4 heteroatoms. The number of hydrogen-bond acceptors (Lipinski definition) is 3. The molecule has 1 aliphatic carbocycles. The third-order valence-electron chi connectivity index (χ3n) is 5.77. The number of thiophene rings is 1. The second-order valence-corrected chi connectivity index (χ2v) is 8.67. The molecule has 2 nitrogen and oxygen atoms in total. The van der Waals surface area contributed by atoms with Gasteiger partial charge in [-0.05, 0) is 66.1 Å². The van der Waals surface area contributed by atoms with Crippen molar-refractivity contribution < 1.29 is 13.9 Å². The molecule has 0 amide bonds. The Morgan fingerprint density at radius 2 is 1.71 bits per heavy atom. The molecule has 3 aromatic rings. The van der Waals surface area contributed by atoms with Crippen molar-refractivity contribution in [2.45, 2.75) is 44.3 Å². The van der Waals surface area contributed by atoms with Crippen molar-refractivity contribution >= 4 is 11.3 Å². The lowest BCUT2D eigenvalue weighted by atomic mass is 9.80. The molecule has 0 bridgehead atoms. The van der Waals surface area contributed by atoms with Gasteiger partial charge in [0.05, 0.1) is 6.61 Å². The van der Waals surface area contributed by atoms with Gasteiger partial charge < -0.3 is 9.47 Å². The van der Waals surface area contributed by atoms with Crippen LogP contribution in [-0.2, 0) is 4.74 Å². The summed E-state index contributed by atoms with van der Waals surface area (Å²) in [6, 6.07) is 17.9. The largest absolute Gasteiger partial charge is 0.455 e. The average Bonchev–Trinajstić information content (AvgIpc) is 3.33. The molecule has 1 saturated carbocycles. The molecule has 0 spiro atoms. The Hall–Kier alpha value is -2.17. The van der Waals surface area contributed by atoms with Crippen molar-refractivity contribution in [1.82, 2.24) is 0 Å². The molecule has 0 N–H and O–H groups in total. The molecule has 0 radical (unpaired) electrons. The number of ether oxygens (including phenoxy) is 2. The highest BCUT2D eigenvalue weighted by Gasteiger charge is 2.20. The Kier molecular flexibility index (Phi) is 4.91. The molecule has 2 aliphatic rings. The molecule has 2 aromatic carbocycles. The second-order valence-electron chi connectivity index (χ2n) is 7.62. The predicted octanol–water partition coefficient (Wildman–Crippen LogP) is 7.00. The quantitative estimate of drug-likeness (QED) is 0.464. The number of halogens is 1. The molecule has 144 valence electrons. The first-order valence-electron chi connectivity index (χ1n) is 10.0. The third kappa shape index (κ3) is 3.59. The van der Waals surface area contributed by atoms with E-state index >= 15 is 0 Å². The van der Waals surface area contributed by atoms with Crippen molar-refractivity contribution in [3.63, 3.8) is 0 Å². The van der Waals surface area contributed by atoms with Gasteiger partial charge in [-0.15, -0.1) is 0 Å². The molecule has 2 fully saturated rings. The first kappa shape index (κ1) is 17.9. The normalized spacial score (nSPS) is 19.5. The Balaban J connectivity index is 1.34. The standard InChI is InChI=1S/C24H23FO2S/c25-21-15-19(18-8-6-17(7-9-18)16-3-1-4-16)10-11-20(21)22-12-13-24(28-22)27-23-5-2-14-26-23/h6-13,15-16,23H,1-5,14H2. The molecular weight excluding hydrogens is 371 g/mol. The van der Waals surface area contributed by atoms with Gasteiger partial charge in [0, 0.05) is 16.9 Å². The first-order valence-corrected chi connectivity index (χ1v) is 10.9. The predicted molar refractivity (Wildman–Crippen MR) is 111 cm³/mol. The molecule has 1 aliphatic heterocycles. The lowest BCUT2D eigenvalue weighted by Crippen LogP contribution is -2.12. The van der Waals surface area contributed by atoms with E-state index in [9.17, 15) is 4.39 Å². The molecule has 1 atom stereocenters. The van der Waals surface area contributed by atoms with Gasteiger partial charge in [0.1, 0.15) is 5.82 Å². The van der Waals surface area contributed by atoms with Crippen LogP contribution in [0.3, 0.4) is 0 Å². The fraction of sp³-hybridized carbons (Fsp3) is 0.333. The highest BCUT2D eigenvalue weighted by molar-refractivity contribution is 7.17. The van der Waals surface area contributed by atoms with E-state index < -0.39 is 0 Å². The maximum Gasteiger partial charge on any atom is 0.200 e.